The third-order valence-electron chi connectivity index (χ3n) is 4.33. The van der Waals surface area contributed by atoms with Gasteiger partial charge in [0, 0.05) is 24.8 Å². The molecule has 112 valence electrons. The van der Waals surface area contributed by atoms with E-state index in [9.17, 15) is 0 Å². The van der Waals surface area contributed by atoms with Gasteiger partial charge in [0.15, 0.2) is 0 Å². The Balaban J connectivity index is 1.82. The maximum absolute atomic E-state index is 3.71. The van der Waals surface area contributed by atoms with Gasteiger partial charge in [-0.05, 0) is 48.2 Å². The molecule has 1 N–H and O–H groups in total. The summed E-state index contributed by atoms with van der Waals surface area (Å²) in [6.07, 6.45) is 2.48. The molecule has 1 aliphatic heterocycles. The van der Waals surface area contributed by atoms with Crippen LogP contribution in [0.25, 0.3) is 10.8 Å². The van der Waals surface area contributed by atoms with Crippen molar-refractivity contribution >= 4 is 16.5 Å². The minimum Gasteiger partial charge on any atom is -0.370 e. The minimum atomic E-state index is 0.610. The average Bonchev–Trinajstić information content (AvgIpc) is 2.71. The van der Waals surface area contributed by atoms with Crippen molar-refractivity contribution in [3.05, 3.63) is 42.5 Å². The maximum atomic E-state index is 3.71. The molecule has 1 fully saturated rings. The van der Waals surface area contributed by atoms with E-state index in [-0.39, 0.29) is 0 Å². The molecule has 3 rings (SSSR count). The molecule has 21 heavy (non-hydrogen) atoms. The van der Waals surface area contributed by atoms with Gasteiger partial charge in [-0.1, -0.05) is 44.2 Å². The SMILES string of the molecule is CC(C)CC1CN(c2ccc3ccccc3c2)CCCN1. The van der Waals surface area contributed by atoms with Crippen molar-refractivity contribution in [3.63, 3.8) is 0 Å². The number of hydrogen-bond donors (Lipinski definition) is 1. The lowest BCUT2D eigenvalue weighted by Gasteiger charge is -2.27. The van der Waals surface area contributed by atoms with Gasteiger partial charge in [0.05, 0.1) is 0 Å². The molecule has 1 unspecified atom stereocenters. The molecule has 0 spiro atoms. The van der Waals surface area contributed by atoms with Crippen LogP contribution in [0.3, 0.4) is 0 Å². The molecule has 2 heteroatoms. The van der Waals surface area contributed by atoms with Crippen LogP contribution in [0.2, 0.25) is 0 Å². The molecule has 1 atom stereocenters. The monoisotopic (exact) mass is 282 g/mol. The van der Waals surface area contributed by atoms with Crippen LogP contribution in [-0.2, 0) is 0 Å². The number of hydrogen-bond acceptors (Lipinski definition) is 2. The Morgan fingerprint density at radius 2 is 1.95 bits per heavy atom. The van der Waals surface area contributed by atoms with Crippen LogP contribution in [0.1, 0.15) is 26.7 Å². The predicted molar refractivity (Wildman–Crippen MR) is 92.0 cm³/mol. The van der Waals surface area contributed by atoms with Crippen molar-refractivity contribution in [2.45, 2.75) is 32.7 Å². The summed E-state index contributed by atoms with van der Waals surface area (Å²) in [7, 11) is 0. The van der Waals surface area contributed by atoms with Gasteiger partial charge in [0.2, 0.25) is 0 Å². The molecule has 0 bridgehead atoms. The fourth-order valence-corrected chi connectivity index (χ4v) is 3.33. The number of fused-ring (bicyclic) bond motifs is 1. The van der Waals surface area contributed by atoms with Crippen LogP contribution in [-0.4, -0.2) is 25.7 Å². The highest BCUT2D eigenvalue weighted by Gasteiger charge is 2.18. The lowest BCUT2D eigenvalue weighted by Crippen LogP contribution is -2.38. The Labute approximate surface area is 128 Å². The van der Waals surface area contributed by atoms with Crippen molar-refractivity contribution in [1.29, 1.82) is 0 Å². The third kappa shape index (κ3) is 3.56. The Kier molecular flexibility index (Phi) is 4.45. The molecular formula is C19H26N2. The van der Waals surface area contributed by atoms with Gasteiger partial charge in [-0.25, -0.2) is 0 Å². The van der Waals surface area contributed by atoms with Gasteiger partial charge in [-0.3, -0.25) is 0 Å². The topological polar surface area (TPSA) is 15.3 Å². The highest BCUT2D eigenvalue weighted by Crippen LogP contribution is 2.24. The molecule has 1 saturated heterocycles. The molecule has 1 heterocycles. The molecule has 0 radical (unpaired) electrons. The number of nitrogens with one attached hydrogen (secondary N) is 1. The van der Waals surface area contributed by atoms with Crippen molar-refractivity contribution in [2.75, 3.05) is 24.5 Å². The average molecular weight is 282 g/mol. The van der Waals surface area contributed by atoms with E-state index >= 15 is 0 Å². The van der Waals surface area contributed by atoms with Crippen molar-refractivity contribution in [3.8, 4) is 0 Å². The summed E-state index contributed by atoms with van der Waals surface area (Å²) in [5, 5.41) is 6.38. The predicted octanol–water partition coefficient (Wildman–Crippen LogP) is 4.05. The molecule has 2 aromatic rings. The smallest absolute Gasteiger partial charge is 0.0373 e. The Morgan fingerprint density at radius 3 is 2.76 bits per heavy atom. The Morgan fingerprint density at radius 1 is 1.14 bits per heavy atom. The molecule has 2 aromatic carbocycles. The van der Waals surface area contributed by atoms with Gasteiger partial charge in [-0.2, -0.15) is 0 Å². The second-order valence-corrected chi connectivity index (χ2v) is 6.61. The van der Waals surface area contributed by atoms with Gasteiger partial charge in [0.1, 0.15) is 0 Å². The Hall–Kier alpha value is -1.54. The maximum Gasteiger partial charge on any atom is 0.0373 e. The van der Waals surface area contributed by atoms with E-state index in [4.69, 9.17) is 0 Å². The van der Waals surface area contributed by atoms with Crippen LogP contribution in [0.4, 0.5) is 5.69 Å². The van der Waals surface area contributed by atoms with E-state index in [0.717, 1.165) is 25.6 Å². The van der Waals surface area contributed by atoms with Crippen LogP contribution in [0, 0.1) is 5.92 Å². The highest BCUT2D eigenvalue weighted by atomic mass is 15.2. The highest BCUT2D eigenvalue weighted by molar-refractivity contribution is 5.85. The summed E-state index contributed by atoms with van der Waals surface area (Å²) in [5.74, 6) is 0.749. The first-order valence-corrected chi connectivity index (χ1v) is 8.19. The lowest BCUT2D eigenvalue weighted by molar-refractivity contribution is 0.436. The molecular weight excluding hydrogens is 256 g/mol. The zero-order chi connectivity index (χ0) is 14.7. The van der Waals surface area contributed by atoms with E-state index in [1.807, 2.05) is 0 Å². The number of nitrogens with zero attached hydrogens (tertiary/aromatic N) is 1. The summed E-state index contributed by atoms with van der Waals surface area (Å²) >= 11 is 0. The summed E-state index contributed by atoms with van der Waals surface area (Å²) in [4.78, 5) is 2.56. The summed E-state index contributed by atoms with van der Waals surface area (Å²) in [5.41, 5.74) is 1.37. The van der Waals surface area contributed by atoms with Gasteiger partial charge in [-0.15, -0.1) is 0 Å². The third-order valence-corrected chi connectivity index (χ3v) is 4.33. The van der Waals surface area contributed by atoms with Crippen LogP contribution < -0.4 is 10.2 Å². The van der Waals surface area contributed by atoms with Gasteiger partial charge < -0.3 is 10.2 Å². The van der Waals surface area contributed by atoms with E-state index in [2.05, 4.69) is 66.5 Å². The first-order chi connectivity index (χ1) is 10.2. The lowest BCUT2D eigenvalue weighted by atomic mass is 10.0. The summed E-state index contributed by atoms with van der Waals surface area (Å²) < 4.78 is 0. The fourth-order valence-electron chi connectivity index (χ4n) is 3.33. The van der Waals surface area contributed by atoms with Gasteiger partial charge in [0.25, 0.3) is 0 Å². The molecule has 2 nitrogen and oxygen atoms in total. The normalized spacial score (nSPS) is 20.0. The second kappa shape index (κ2) is 6.48. The molecule has 1 aliphatic rings. The van der Waals surface area contributed by atoms with Crippen LogP contribution in [0.5, 0.6) is 0 Å². The molecule has 0 aliphatic carbocycles. The number of rotatable bonds is 3. The number of anilines is 1. The zero-order valence-electron chi connectivity index (χ0n) is 13.2. The molecule has 0 amide bonds. The summed E-state index contributed by atoms with van der Waals surface area (Å²) in [6.45, 7) is 8.04. The summed E-state index contributed by atoms with van der Waals surface area (Å²) in [6, 6.07) is 16.1. The zero-order valence-corrected chi connectivity index (χ0v) is 13.2. The largest absolute Gasteiger partial charge is 0.370 e. The second-order valence-electron chi connectivity index (χ2n) is 6.61. The van der Waals surface area contributed by atoms with Crippen molar-refractivity contribution in [2.24, 2.45) is 5.92 Å². The van der Waals surface area contributed by atoms with Crippen LogP contribution >= 0.6 is 0 Å². The van der Waals surface area contributed by atoms with Crippen molar-refractivity contribution in [1.82, 2.24) is 5.32 Å². The van der Waals surface area contributed by atoms with E-state index < -0.39 is 0 Å². The Bertz CT molecular complexity index is 591. The molecule has 0 aromatic heterocycles. The van der Waals surface area contributed by atoms with Gasteiger partial charge >= 0.3 is 0 Å². The quantitative estimate of drug-likeness (QED) is 0.913. The first-order valence-electron chi connectivity index (χ1n) is 8.19. The van der Waals surface area contributed by atoms with Crippen LogP contribution in [0.15, 0.2) is 42.5 Å². The molecule has 0 saturated carbocycles. The van der Waals surface area contributed by atoms with Crippen molar-refractivity contribution < 1.29 is 0 Å². The standard InChI is InChI=1S/C19H26N2/c1-15(2)12-18-14-21(11-5-10-20-18)19-9-8-16-6-3-4-7-17(16)13-19/h3-4,6-9,13,15,18,20H,5,10-12,14H2,1-2H3. The minimum absolute atomic E-state index is 0.610. The van der Waals surface area contributed by atoms with E-state index in [1.165, 1.54) is 29.3 Å². The number of benzene rings is 2. The van der Waals surface area contributed by atoms with E-state index in [0.29, 0.717) is 6.04 Å². The van der Waals surface area contributed by atoms with E-state index in [1.54, 1.807) is 0 Å². The fraction of sp³-hybridized carbons (Fsp3) is 0.474. The first kappa shape index (κ1) is 14.4.